The van der Waals surface area contributed by atoms with Gasteiger partial charge in [0.15, 0.2) is 0 Å². The van der Waals surface area contributed by atoms with E-state index in [0.29, 0.717) is 6.61 Å². The number of esters is 1. The highest BCUT2D eigenvalue weighted by Crippen LogP contribution is 2.03. The monoisotopic (exact) mass is 200 g/mol. The molecule has 14 heavy (non-hydrogen) atoms. The van der Waals surface area contributed by atoms with Crippen molar-refractivity contribution in [3.63, 3.8) is 0 Å². The number of nitrogens with one attached hydrogen (secondary N) is 1. The largest absolute Gasteiger partial charge is 0.465 e. The zero-order valence-corrected chi connectivity index (χ0v) is 9.08. The molecule has 0 aromatic rings. The number of piperazine rings is 1. The fraction of sp³-hybridized carbons (Fsp3) is 0.900. The lowest BCUT2D eigenvalue weighted by molar-refractivity contribution is -0.149. The minimum Gasteiger partial charge on any atom is -0.465 e. The molecule has 82 valence electrons. The van der Waals surface area contributed by atoms with Crippen molar-refractivity contribution < 1.29 is 9.53 Å². The molecule has 0 spiro atoms. The van der Waals surface area contributed by atoms with Gasteiger partial charge in [-0.05, 0) is 13.3 Å². The van der Waals surface area contributed by atoms with Gasteiger partial charge in [-0.1, -0.05) is 6.92 Å². The highest BCUT2D eigenvalue weighted by molar-refractivity contribution is 5.75. The molecule has 0 amide bonds. The van der Waals surface area contributed by atoms with Crippen LogP contribution in [-0.2, 0) is 9.53 Å². The van der Waals surface area contributed by atoms with E-state index in [1.54, 1.807) is 0 Å². The van der Waals surface area contributed by atoms with Crippen LogP contribution in [0.1, 0.15) is 20.3 Å². The summed E-state index contributed by atoms with van der Waals surface area (Å²) in [6.07, 6.45) is 0.889. The summed E-state index contributed by atoms with van der Waals surface area (Å²) in [5, 5.41) is 3.26. The van der Waals surface area contributed by atoms with Crippen LogP contribution in [-0.4, -0.2) is 49.7 Å². The molecule has 1 atom stereocenters. The molecular weight excluding hydrogens is 180 g/mol. The van der Waals surface area contributed by atoms with Gasteiger partial charge >= 0.3 is 5.97 Å². The molecule has 4 heteroatoms. The van der Waals surface area contributed by atoms with Gasteiger partial charge in [-0.15, -0.1) is 0 Å². The summed E-state index contributed by atoms with van der Waals surface area (Å²) in [5.41, 5.74) is 0. The van der Waals surface area contributed by atoms with Crippen LogP contribution in [0.25, 0.3) is 0 Å². The fourth-order valence-corrected chi connectivity index (χ4v) is 1.54. The lowest BCUT2D eigenvalue weighted by Gasteiger charge is -2.31. The summed E-state index contributed by atoms with van der Waals surface area (Å²) in [4.78, 5) is 13.7. The summed E-state index contributed by atoms with van der Waals surface area (Å²) in [7, 11) is 0. The van der Waals surface area contributed by atoms with Crippen LogP contribution in [0.3, 0.4) is 0 Å². The Morgan fingerprint density at radius 2 is 2.14 bits per heavy atom. The third-order valence-electron chi connectivity index (χ3n) is 2.49. The molecule has 1 saturated heterocycles. The SMILES string of the molecule is CCCOC(=O)C(C)N1CCNCC1. The third kappa shape index (κ3) is 3.27. The van der Waals surface area contributed by atoms with E-state index >= 15 is 0 Å². The topological polar surface area (TPSA) is 41.6 Å². The first-order chi connectivity index (χ1) is 6.75. The van der Waals surface area contributed by atoms with Crippen molar-refractivity contribution in [3.8, 4) is 0 Å². The summed E-state index contributed by atoms with van der Waals surface area (Å²) < 4.78 is 5.11. The van der Waals surface area contributed by atoms with E-state index in [0.717, 1.165) is 32.6 Å². The molecular formula is C10H20N2O2. The smallest absolute Gasteiger partial charge is 0.323 e. The van der Waals surface area contributed by atoms with Crippen molar-refractivity contribution >= 4 is 5.97 Å². The molecule has 0 aromatic carbocycles. The predicted octanol–water partition coefficient (Wildman–Crippen LogP) is 0.233. The Morgan fingerprint density at radius 3 is 2.71 bits per heavy atom. The van der Waals surface area contributed by atoms with Crippen molar-refractivity contribution in [2.45, 2.75) is 26.3 Å². The van der Waals surface area contributed by atoms with Gasteiger partial charge < -0.3 is 10.1 Å². The maximum Gasteiger partial charge on any atom is 0.323 e. The second kappa shape index (κ2) is 5.98. The summed E-state index contributed by atoms with van der Waals surface area (Å²) >= 11 is 0. The molecule has 1 fully saturated rings. The van der Waals surface area contributed by atoms with E-state index in [4.69, 9.17) is 4.74 Å². The number of nitrogens with zero attached hydrogens (tertiary/aromatic N) is 1. The van der Waals surface area contributed by atoms with Crippen LogP contribution in [0.5, 0.6) is 0 Å². The van der Waals surface area contributed by atoms with Crippen molar-refractivity contribution in [2.24, 2.45) is 0 Å². The Kier molecular flexibility index (Phi) is 4.90. The van der Waals surface area contributed by atoms with Crippen LogP contribution >= 0.6 is 0 Å². The Labute approximate surface area is 85.6 Å². The highest BCUT2D eigenvalue weighted by atomic mass is 16.5. The number of hydrogen-bond donors (Lipinski definition) is 1. The van der Waals surface area contributed by atoms with Gasteiger partial charge in [0.2, 0.25) is 0 Å². The first kappa shape index (κ1) is 11.5. The average molecular weight is 200 g/mol. The summed E-state index contributed by atoms with van der Waals surface area (Å²) in [6, 6.07) is -0.0938. The van der Waals surface area contributed by atoms with Gasteiger partial charge in [-0.25, -0.2) is 0 Å². The zero-order valence-electron chi connectivity index (χ0n) is 9.08. The van der Waals surface area contributed by atoms with Crippen LogP contribution in [0.2, 0.25) is 0 Å². The maximum absolute atomic E-state index is 11.5. The number of carbonyl (C=O) groups excluding carboxylic acids is 1. The van der Waals surface area contributed by atoms with Crippen LogP contribution < -0.4 is 5.32 Å². The van der Waals surface area contributed by atoms with Gasteiger partial charge in [0.05, 0.1) is 6.61 Å². The van der Waals surface area contributed by atoms with Crippen LogP contribution in [0.15, 0.2) is 0 Å². The molecule has 1 rings (SSSR count). The van der Waals surface area contributed by atoms with Gasteiger partial charge in [0.25, 0.3) is 0 Å². The first-order valence-corrected chi connectivity index (χ1v) is 5.37. The summed E-state index contributed by atoms with van der Waals surface area (Å²) in [5.74, 6) is -0.0891. The number of carbonyl (C=O) groups is 1. The molecule has 1 N–H and O–H groups in total. The average Bonchev–Trinajstić information content (AvgIpc) is 2.26. The molecule has 0 aliphatic carbocycles. The number of hydrogen-bond acceptors (Lipinski definition) is 4. The van der Waals surface area contributed by atoms with E-state index < -0.39 is 0 Å². The first-order valence-electron chi connectivity index (χ1n) is 5.37. The molecule has 0 bridgehead atoms. The van der Waals surface area contributed by atoms with Crippen LogP contribution in [0, 0.1) is 0 Å². The Hall–Kier alpha value is -0.610. The van der Waals surface area contributed by atoms with E-state index in [1.165, 1.54) is 0 Å². The zero-order chi connectivity index (χ0) is 10.4. The molecule has 1 heterocycles. The molecule has 1 unspecified atom stereocenters. The van der Waals surface area contributed by atoms with Crippen LogP contribution in [0.4, 0.5) is 0 Å². The summed E-state index contributed by atoms with van der Waals surface area (Å²) in [6.45, 7) is 8.25. The van der Waals surface area contributed by atoms with Gasteiger partial charge in [-0.2, -0.15) is 0 Å². The minimum atomic E-state index is -0.0938. The maximum atomic E-state index is 11.5. The quantitative estimate of drug-likeness (QED) is 0.660. The van der Waals surface area contributed by atoms with Crippen molar-refractivity contribution in [2.75, 3.05) is 32.8 Å². The van der Waals surface area contributed by atoms with Crippen molar-refractivity contribution in [1.82, 2.24) is 10.2 Å². The molecule has 4 nitrogen and oxygen atoms in total. The lowest BCUT2D eigenvalue weighted by atomic mass is 10.2. The lowest BCUT2D eigenvalue weighted by Crippen LogP contribution is -2.50. The minimum absolute atomic E-state index is 0.0891. The van der Waals surface area contributed by atoms with Gasteiger partial charge in [-0.3, -0.25) is 9.69 Å². The fourth-order valence-electron chi connectivity index (χ4n) is 1.54. The van der Waals surface area contributed by atoms with E-state index in [2.05, 4.69) is 10.2 Å². The predicted molar refractivity (Wildman–Crippen MR) is 55.2 cm³/mol. The van der Waals surface area contributed by atoms with Gasteiger partial charge in [0, 0.05) is 26.2 Å². The number of ether oxygens (including phenoxy) is 1. The second-order valence-electron chi connectivity index (χ2n) is 3.63. The Bertz CT molecular complexity index is 179. The molecule has 1 aliphatic rings. The van der Waals surface area contributed by atoms with E-state index in [1.807, 2.05) is 13.8 Å². The molecule has 0 aromatic heterocycles. The second-order valence-corrected chi connectivity index (χ2v) is 3.63. The third-order valence-corrected chi connectivity index (χ3v) is 2.49. The Morgan fingerprint density at radius 1 is 1.50 bits per heavy atom. The Balaban J connectivity index is 2.30. The number of rotatable bonds is 4. The van der Waals surface area contributed by atoms with E-state index in [-0.39, 0.29) is 12.0 Å². The normalized spacial score (nSPS) is 20.4. The molecule has 0 radical (unpaired) electrons. The highest BCUT2D eigenvalue weighted by Gasteiger charge is 2.23. The molecule has 1 aliphatic heterocycles. The molecule has 0 saturated carbocycles. The standard InChI is InChI=1S/C10H20N2O2/c1-3-8-14-10(13)9(2)12-6-4-11-5-7-12/h9,11H,3-8H2,1-2H3. The van der Waals surface area contributed by atoms with Crippen molar-refractivity contribution in [3.05, 3.63) is 0 Å². The van der Waals surface area contributed by atoms with Gasteiger partial charge in [0.1, 0.15) is 6.04 Å². The van der Waals surface area contributed by atoms with Crippen molar-refractivity contribution in [1.29, 1.82) is 0 Å². The van der Waals surface area contributed by atoms with E-state index in [9.17, 15) is 4.79 Å².